The number of benzene rings is 2. The zero-order valence-corrected chi connectivity index (χ0v) is 16.9. The van der Waals surface area contributed by atoms with Crippen molar-refractivity contribution < 1.29 is 14.5 Å². The molecule has 28 heavy (non-hydrogen) atoms. The zero-order chi connectivity index (χ0) is 20.3. The number of halogens is 1. The summed E-state index contributed by atoms with van der Waals surface area (Å²) in [7, 11) is 0. The lowest BCUT2D eigenvalue weighted by Gasteiger charge is -2.08. The van der Waals surface area contributed by atoms with E-state index in [2.05, 4.69) is 4.99 Å². The van der Waals surface area contributed by atoms with E-state index in [0.717, 1.165) is 15.8 Å². The number of non-ortho nitro benzene ring substituents is 1. The molecule has 146 valence electrons. The monoisotopic (exact) mass is 419 g/mol. The quantitative estimate of drug-likeness (QED) is 0.337. The van der Waals surface area contributed by atoms with Crippen LogP contribution in [0.4, 0.5) is 5.69 Å². The summed E-state index contributed by atoms with van der Waals surface area (Å²) in [6.07, 6.45) is 0. The standard InChI is InChI=1S/C19H18ClN3O4S/c1-3-27-10-9-22-17-12(2)15(20)7-8-16(17)28-19(22)21-18(24)13-5-4-6-14(11-13)23(25)26/h4-8,11H,3,9-10H2,1-2H3. The Labute approximate surface area is 170 Å². The number of rotatable bonds is 6. The molecular formula is C19H18ClN3O4S. The van der Waals surface area contributed by atoms with E-state index in [4.69, 9.17) is 16.3 Å². The van der Waals surface area contributed by atoms with Gasteiger partial charge in [0.2, 0.25) is 0 Å². The molecule has 9 heteroatoms. The van der Waals surface area contributed by atoms with Crippen molar-refractivity contribution in [3.8, 4) is 0 Å². The lowest BCUT2D eigenvalue weighted by Crippen LogP contribution is -2.20. The molecule has 0 saturated carbocycles. The number of hydrogen-bond acceptors (Lipinski definition) is 5. The van der Waals surface area contributed by atoms with Crippen molar-refractivity contribution in [2.45, 2.75) is 20.4 Å². The SMILES string of the molecule is CCOCCn1c(=NC(=O)c2cccc([N+](=O)[O-])c2)sc2ccc(Cl)c(C)c21. The second kappa shape index (κ2) is 8.64. The molecule has 0 aliphatic carbocycles. The van der Waals surface area contributed by atoms with Crippen molar-refractivity contribution in [3.05, 3.63) is 67.5 Å². The predicted octanol–water partition coefficient (Wildman–Crippen LogP) is 4.35. The number of nitro groups is 1. The Hall–Kier alpha value is -2.55. The minimum absolute atomic E-state index is 0.149. The molecule has 0 spiro atoms. The highest BCUT2D eigenvalue weighted by molar-refractivity contribution is 7.16. The Morgan fingerprint density at radius 3 is 2.86 bits per heavy atom. The molecule has 0 atom stereocenters. The van der Waals surface area contributed by atoms with Crippen molar-refractivity contribution in [2.24, 2.45) is 4.99 Å². The second-order valence-corrected chi connectivity index (χ2v) is 7.39. The smallest absolute Gasteiger partial charge is 0.279 e. The summed E-state index contributed by atoms with van der Waals surface area (Å²) in [4.78, 5) is 27.8. The fourth-order valence-corrected chi connectivity index (χ4v) is 4.08. The molecule has 0 aliphatic rings. The molecule has 1 amide bonds. The van der Waals surface area contributed by atoms with Crippen molar-refractivity contribution in [3.63, 3.8) is 0 Å². The third-order valence-corrected chi connectivity index (χ3v) is 5.65. The Kier molecular flexibility index (Phi) is 6.23. The first-order valence-corrected chi connectivity index (χ1v) is 9.81. The van der Waals surface area contributed by atoms with Crippen molar-refractivity contribution in [1.82, 2.24) is 4.57 Å². The molecule has 7 nitrogen and oxygen atoms in total. The van der Waals surface area contributed by atoms with Crippen molar-refractivity contribution >= 4 is 44.7 Å². The highest BCUT2D eigenvalue weighted by Gasteiger charge is 2.14. The number of carbonyl (C=O) groups is 1. The van der Waals surface area contributed by atoms with Gasteiger partial charge in [0.05, 0.1) is 21.7 Å². The van der Waals surface area contributed by atoms with E-state index in [1.54, 1.807) is 0 Å². The highest BCUT2D eigenvalue weighted by atomic mass is 35.5. The van der Waals surface area contributed by atoms with Gasteiger partial charge in [-0.3, -0.25) is 14.9 Å². The Morgan fingerprint density at radius 1 is 1.36 bits per heavy atom. The average molecular weight is 420 g/mol. The maximum absolute atomic E-state index is 12.6. The van der Waals surface area contributed by atoms with Crippen LogP contribution in [0.15, 0.2) is 41.4 Å². The Morgan fingerprint density at radius 2 is 2.14 bits per heavy atom. The second-order valence-electron chi connectivity index (χ2n) is 5.98. The lowest BCUT2D eigenvalue weighted by molar-refractivity contribution is -0.384. The van der Waals surface area contributed by atoms with Crippen LogP contribution in [0.3, 0.4) is 0 Å². The molecule has 0 aliphatic heterocycles. The number of hydrogen-bond donors (Lipinski definition) is 0. The topological polar surface area (TPSA) is 86.7 Å². The maximum Gasteiger partial charge on any atom is 0.279 e. The molecular weight excluding hydrogens is 402 g/mol. The number of fused-ring (bicyclic) bond motifs is 1. The number of nitrogens with zero attached hydrogens (tertiary/aromatic N) is 3. The summed E-state index contributed by atoms with van der Waals surface area (Å²) in [5, 5.41) is 11.6. The minimum atomic E-state index is -0.538. The lowest BCUT2D eigenvalue weighted by atomic mass is 10.2. The Bertz CT molecular complexity index is 1120. The Balaban J connectivity index is 2.11. The molecule has 0 unspecified atom stereocenters. The third kappa shape index (κ3) is 4.14. The number of thiazole rings is 1. The van der Waals surface area contributed by atoms with E-state index < -0.39 is 10.8 Å². The third-order valence-electron chi connectivity index (χ3n) is 4.19. The van der Waals surface area contributed by atoms with Gasteiger partial charge < -0.3 is 9.30 Å². The van der Waals surface area contributed by atoms with Gasteiger partial charge in [0, 0.05) is 35.9 Å². The van der Waals surface area contributed by atoms with Crippen LogP contribution in [-0.4, -0.2) is 28.6 Å². The molecule has 1 aromatic heterocycles. The van der Waals surface area contributed by atoms with Crippen LogP contribution < -0.4 is 4.80 Å². The minimum Gasteiger partial charge on any atom is -0.380 e. The number of aromatic nitrogens is 1. The van der Waals surface area contributed by atoms with E-state index in [1.807, 2.05) is 30.5 Å². The number of aryl methyl sites for hydroxylation is 1. The van der Waals surface area contributed by atoms with Crippen LogP contribution >= 0.6 is 22.9 Å². The van der Waals surface area contributed by atoms with Gasteiger partial charge in [-0.15, -0.1) is 0 Å². The first-order valence-electron chi connectivity index (χ1n) is 8.62. The average Bonchev–Trinajstić information content (AvgIpc) is 3.03. The van der Waals surface area contributed by atoms with Crippen LogP contribution in [0.1, 0.15) is 22.8 Å². The zero-order valence-electron chi connectivity index (χ0n) is 15.3. The number of ether oxygens (including phenoxy) is 1. The first-order chi connectivity index (χ1) is 13.4. The number of nitro benzene ring substituents is 1. The van der Waals surface area contributed by atoms with Crippen LogP contribution in [0.2, 0.25) is 5.02 Å². The van der Waals surface area contributed by atoms with Crippen LogP contribution in [0.5, 0.6) is 0 Å². The van der Waals surface area contributed by atoms with E-state index in [-0.39, 0.29) is 11.3 Å². The van der Waals surface area contributed by atoms with Gasteiger partial charge in [-0.05, 0) is 37.6 Å². The fraction of sp³-hybridized carbons (Fsp3) is 0.263. The molecule has 1 heterocycles. The predicted molar refractivity (Wildman–Crippen MR) is 109 cm³/mol. The van der Waals surface area contributed by atoms with Gasteiger partial charge >= 0.3 is 0 Å². The fourth-order valence-electron chi connectivity index (χ4n) is 2.81. The maximum atomic E-state index is 12.6. The van der Waals surface area contributed by atoms with E-state index >= 15 is 0 Å². The van der Waals surface area contributed by atoms with Gasteiger partial charge in [0.15, 0.2) is 4.80 Å². The van der Waals surface area contributed by atoms with Gasteiger partial charge in [-0.25, -0.2) is 0 Å². The first kappa shape index (κ1) is 20.2. The molecule has 0 saturated heterocycles. The van der Waals surface area contributed by atoms with Gasteiger partial charge in [0.1, 0.15) is 0 Å². The number of amides is 1. The molecule has 0 radical (unpaired) electrons. The summed E-state index contributed by atoms with van der Waals surface area (Å²) in [6, 6.07) is 9.26. The van der Waals surface area contributed by atoms with Crippen molar-refractivity contribution in [2.75, 3.05) is 13.2 Å². The van der Waals surface area contributed by atoms with E-state index in [9.17, 15) is 14.9 Å². The normalized spacial score (nSPS) is 11.9. The van der Waals surface area contributed by atoms with Crippen LogP contribution in [-0.2, 0) is 11.3 Å². The summed E-state index contributed by atoms with van der Waals surface area (Å²) in [5.74, 6) is -0.538. The molecule has 0 fully saturated rings. The van der Waals surface area contributed by atoms with Gasteiger partial charge in [-0.1, -0.05) is 29.0 Å². The molecule has 2 aromatic carbocycles. The summed E-state index contributed by atoms with van der Waals surface area (Å²) >= 11 is 7.64. The summed E-state index contributed by atoms with van der Waals surface area (Å²) < 4.78 is 8.32. The van der Waals surface area contributed by atoms with Crippen molar-refractivity contribution in [1.29, 1.82) is 0 Å². The molecule has 0 bridgehead atoms. The van der Waals surface area contributed by atoms with Crippen LogP contribution in [0, 0.1) is 17.0 Å². The van der Waals surface area contributed by atoms with Gasteiger partial charge in [-0.2, -0.15) is 4.99 Å². The molecule has 0 N–H and O–H groups in total. The van der Waals surface area contributed by atoms with E-state index in [0.29, 0.717) is 29.6 Å². The highest BCUT2D eigenvalue weighted by Crippen LogP contribution is 2.27. The van der Waals surface area contributed by atoms with Crippen LogP contribution in [0.25, 0.3) is 10.2 Å². The molecule has 3 aromatic rings. The number of carbonyl (C=O) groups excluding carboxylic acids is 1. The summed E-state index contributed by atoms with van der Waals surface area (Å²) in [5.41, 5.74) is 1.82. The largest absolute Gasteiger partial charge is 0.380 e. The summed E-state index contributed by atoms with van der Waals surface area (Å²) in [6.45, 7) is 5.39. The van der Waals surface area contributed by atoms with E-state index in [1.165, 1.54) is 35.6 Å². The van der Waals surface area contributed by atoms with Gasteiger partial charge in [0.25, 0.3) is 11.6 Å². The molecule has 3 rings (SSSR count).